The second kappa shape index (κ2) is 8.95. The Balaban J connectivity index is 2.07. The number of ether oxygens (including phenoxy) is 1. The van der Waals surface area contributed by atoms with E-state index in [1.165, 1.54) is 0 Å². The Labute approximate surface area is 169 Å². The molecule has 0 saturated carbocycles. The highest BCUT2D eigenvalue weighted by molar-refractivity contribution is 5.86. The molecule has 6 heteroatoms. The van der Waals surface area contributed by atoms with Gasteiger partial charge in [-0.3, -0.25) is 9.69 Å². The number of carbonyl (C=O) groups excluding carboxylic acids is 2. The lowest BCUT2D eigenvalue weighted by molar-refractivity contribution is -0.136. The molecule has 1 aromatic rings. The maximum Gasteiger partial charge on any atom is 0.408 e. The van der Waals surface area contributed by atoms with E-state index in [1.807, 2.05) is 56.0 Å². The van der Waals surface area contributed by atoms with Gasteiger partial charge in [0.05, 0.1) is 0 Å². The first-order valence-corrected chi connectivity index (χ1v) is 10.0. The average Bonchev–Trinajstić information content (AvgIpc) is 2.59. The van der Waals surface area contributed by atoms with Gasteiger partial charge in [-0.05, 0) is 47.1 Å². The molecule has 1 atom stereocenters. The predicted molar refractivity (Wildman–Crippen MR) is 111 cm³/mol. The molecule has 0 aliphatic carbocycles. The van der Waals surface area contributed by atoms with Gasteiger partial charge >= 0.3 is 6.09 Å². The van der Waals surface area contributed by atoms with Crippen molar-refractivity contribution in [2.24, 2.45) is 0 Å². The van der Waals surface area contributed by atoms with E-state index < -0.39 is 17.7 Å². The number of nitrogens with zero attached hydrogens (tertiary/aromatic N) is 2. The molecule has 1 N–H and O–H groups in total. The van der Waals surface area contributed by atoms with Crippen LogP contribution in [-0.2, 0) is 16.0 Å². The van der Waals surface area contributed by atoms with E-state index in [4.69, 9.17) is 4.74 Å². The lowest BCUT2D eigenvalue weighted by Gasteiger charge is -2.43. The molecule has 2 amide bonds. The molecular weight excluding hydrogens is 354 g/mol. The van der Waals surface area contributed by atoms with Gasteiger partial charge in [0.15, 0.2) is 0 Å². The fourth-order valence-corrected chi connectivity index (χ4v) is 3.32. The minimum atomic E-state index is -0.640. The predicted octanol–water partition coefficient (Wildman–Crippen LogP) is 3.07. The number of hydrogen-bond donors (Lipinski definition) is 1. The highest BCUT2D eigenvalue weighted by Crippen LogP contribution is 2.17. The summed E-state index contributed by atoms with van der Waals surface area (Å²) in [6.45, 7) is 15.0. The molecule has 1 fully saturated rings. The van der Waals surface area contributed by atoms with E-state index in [0.717, 1.165) is 18.7 Å². The Hall–Kier alpha value is -2.08. The Bertz CT molecular complexity index is 654. The Morgan fingerprint density at radius 3 is 2.07 bits per heavy atom. The van der Waals surface area contributed by atoms with Crippen LogP contribution in [0.4, 0.5) is 4.79 Å². The molecule has 1 saturated heterocycles. The van der Waals surface area contributed by atoms with Gasteiger partial charge < -0.3 is 15.0 Å². The van der Waals surface area contributed by atoms with Gasteiger partial charge in [-0.1, -0.05) is 30.3 Å². The molecule has 1 aliphatic rings. The third kappa shape index (κ3) is 6.82. The first kappa shape index (κ1) is 22.2. The summed E-state index contributed by atoms with van der Waals surface area (Å²) in [6.07, 6.45) is -0.117. The van der Waals surface area contributed by atoms with E-state index in [2.05, 4.69) is 31.0 Å². The Kier molecular flexibility index (Phi) is 7.10. The quantitative estimate of drug-likeness (QED) is 0.860. The molecule has 0 radical (unpaired) electrons. The van der Waals surface area contributed by atoms with Crippen molar-refractivity contribution in [3.63, 3.8) is 0 Å². The van der Waals surface area contributed by atoms with Crippen LogP contribution in [0.25, 0.3) is 0 Å². The smallest absolute Gasteiger partial charge is 0.408 e. The molecule has 1 heterocycles. The lowest BCUT2D eigenvalue weighted by Crippen LogP contribution is -2.58. The second-order valence-corrected chi connectivity index (χ2v) is 9.37. The topological polar surface area (TPSA) is 61.9 Å². The van der Waals surface area contributed by atoms with Crippen molar-refractivity contribution in [1.82, 2.24) is 15.1 Å². The zero-order valence-electron chi connectivity index (χ0n) is 18.1. The van der Waals surface area contributed by atoms with E-state index >= 15 is 0 Å². The second-order valence-electron chi connectivity index (χ2n) is 9.37. The minimum absolute atomic E-state index is 0.0525. The van der Waals surface area contributed by atoms with Gasteiger partial charge in [-0.15, -0.1) is 0 Å². The van der Waals surface area contributed by atoms with Crippen LogP contribution in [0.15, 0.2) is 30.3 Å². The van der Waals surface area contributed by atoms with E-state index in [0.29, 0.717) is 19.5 Å². The van der Waals surface area contributed by atoms with E-state index in [-0.39, 0.29) is 11.4 Å². The molecule has 0 aromatic heterocycles. The molecule has 0 spiro atoms. The average molecular weight is 390 g/mol. The third-order valence-electron chi connectivity index (χ3n) is 4.81. The monoisotopic (exact) mass is 389 g/mol. The summed E-state index contributed by atoms with van der Waals surface area (Å²) < 4.78 is 5.38. The van der Waals surface area contributed by atoms with Crippen LogP contribution in [-0.4, -0.2) is 65.2 Å². The van der Waals surface area contributed by atoms with Crippen LogP contribution in [0, 0.1) is 0 Å². The van der Waals surface area contributed by atoms with Gasteiger partial charge in [0.2, 0.25) is 5.91 Å². The molecule has 6 nitrogen and oxygen atoms in total. The van der Waals surface area contributed by atoms with E-state index in [9.17, 15) is 9.59 Å². The van der Waals surface area contributed by atoms with Crippen LogP contribution >= 0.6 is 0 Å². The number of alkyl carbamates (subject to hydrolysis) is 1. The number of carbonyl (C=O) groups is 2. The van der Waals surface area contributed by atoms with Crippen molar-refractivity contribution >= 4 is 12.0 Å². The van der Waals surface area contributed by atoms with Crippen LogP contribution < -0.4 is 5.32 Å². The first-order chi connectivity index (χ1) is 13.0. The van der Waals surface area contributed by atoms with Crippen molar-refractivity contribution in [3.05, 3.63) is 35.9 Å². The van der Waals surface area contributed by atoms with Gasteiger partial charge in [0.1, 0.15) is 11.6 Å². The Morgan fingerprint density at radius 2 is 1.57 bits per heavy atom. The number of amides is 2. The standard InChI is InChI=1S/C22H35N3O3/c1-21(2,3)25-14-12-24(13-15-25)19(26)18(16-17-10-8-7-9-11-17)23-20(27)28-22(4,5)6/h7-11,18H,12-16H2,1-6H3,(H,23,27). The molecule has 1 unspecified atom stereocenters. The molecule has 156 valence electrons. The summed E-state index contributed by atoms with van der Waals surface area (Å²) in [5.41, 5.74) is 0.487. The summed E-state index contributed by atoms with van der Waals surface area (Å²) in [5, 5.41) is 2.79. The minimum Gasteiger partial charge on any atom is -0.444 e. The van der Waals surface area contributed by atoms with Crippen LogP contribution in [0.1, 0.15) is 47.1 Å². The van der Waals surface area contributed by atoms with Crippen molar-refractivity contribution in [2.75, 3.05) is 26.2 Å². The summed E-state index contributed by atoms with van der Waals surface area (Å²) in [7, 11) is 0. The van der Waals surface area contributed by atoms with Crippen molar-refractivity contribution < 1.29 is 14.3 Å². The van der Waals surface area contributed by atoms with Gasteiger partial charge in [0, 0.05) is 38.1 Å². The fraction of sp³-hybridized carbons (Fsp3) is 0.636. The maximum absolute atomic E-state index is 13.2. The van der Waals surface area contributed by atoms with Crippen molar-refractivity contribution in [1.29, 1.82) is 0 Å². The first-order valence-electron chi connectivity index (χ1n) is 10.0. The van der Waals surface area contributed by atoms with Crippen molar-refractivity contribution in [2.45, 2.75) is 65.1 Å². The summed E-state index contributed by atoms with van der Waals surface area (Å²) >= 11 is 0. The number of benzene rings is 1. The Morgan fingerprint density at radius 1 is 1.00 bits per heavy atom. The van der Waals surface area contributed by atoms with Crippen molar-refractivity contribution in [3.8, 4) is 0 Å². The lowest BCUT2D eigenvalue weighted by atomic mass is 10.0. The molecule has 0 bridgehead atoms. The van der Waals surface area contributed by atoms with Crippen LogP contribution in [0.5, 0.6) is 0 Å². The highest BCUT2D eigenvalue weighted by atomic mass is 16.6. The molecule has 1 aliphatic heterocycles. The summed E-state index contributed by atoms with van der Waals surface area (Å²) in [6, 6.07) is 9.11. The van der Waals surface area contributed by atoms with Gasteiger partial charge in [-0.2, -0.15) is 0 Å². The number of rotatable bonds is 4. The van der Waals surface area contributed by atoms with E-state index in [1.54, 1.807) is 0 Å². The van der Waals surface area contributed by atoms with Gasteiger partial charge in [0.25, 0.3) is 0 Å². The largest absolute Gasteiger partial charge is 0.444 e. The normalized spacial score (nSPS) is 17.1. The number of hydrogen-bond acceptors (Lipinski definition) is 4. The molecule has 28 heavy (non-hydrogen) atoms. The van der Waals surface area contributed by atoms with Crippen LogP contribution in [0.3, 0.4) is 0 Å². The fourth-order valence-electron chi connectivity index (χ4n) is 3.32. The molecular formula is C22H35N3O3. The van der Waals surface area contributed by atoms with Crippen LogP contribution in [0.2, 0.25) is 0 Å². The summed E-state index contributed by atoms with van der Waals surface area (Å²) in [4.78, 5) is 29.7. The molecule has 1 aromatic carbocycles. The maximum atomic E-state index is 13.2. The highest BCUT2D eigenvalue weighted by Gasteiger charge is 2.32. The third-order valence-corrected chi connectivity index (χ3v) is 4.81. The number of nitrogens with one attached hydrogen (secondary N) is 1. The zero-order valence-corrected chi connectivity index (χ0v) is 18.1. The SMILES string of the molecule is CC(C)(C)OC(=O)NC(Cc1ccccc1)C(=O)N1CCN(C(C)(C)C)CC1. The number of piperazine rings is 1. The zero-order chi connectivity index (χ0) is 20.9. The van der Waals surface area contributed by atoms with Gasteiger partial charge in [-0.25, -0.2) is 4.79 Å². The molecule has 2 rings (SSSR count). The summed E-state index contributed by atoms with van der Waals surface area (Å²) in [5.74, 6) is -0.0525.